The number of likely N-dealkylation sites (N-methyl/N-ethyl adjacent to an activating group) is 1. The van der Waals surface area contributed by atoms with Crippen LogP contribution >= 0.6 is 0 Å². The maximum atomic E-state index is 6.51. The van der Waals surface area contributed by atoms with Crippen LogP contribution in [0.2, 0.25) is 0 Å². The van der Waals surface area contributed by atoms with E-state index in [0.29, 0.717) is 0 Å². The molecule has 0 aromatic carbocycles. The van der Waals surface area contributed by atoms with E-state index in [-0.39, 0.29) is 11.6 Å². The highest BCUT2D eigenvalue weighted by atomic mass is 15.3. The number of aromatic nitrogens is 3. The molecule has 0 bridgehead atoms. The SMILES string of the molecule is CCn1ncnc1CC(N)C1(N(C)C)CCCC1. The molecule has 0 saturated heterocycles. The maximum Gasteiger partial charge on any atom is 0.138 e. The highest BCUT2D eigenvalue weighted by Gasteiger charge is 2.41. The van der Waals surface area contributed by atoms with Crippen molar-refractivity contribution in [3.05, 3.63) is 12.2 Å². The summed E-state index contributed by atoms with van der Waals surface area (Å²) in [6.45, 7) is 2.94. The van der Waals surface area contributed by atoms with Gasteiger partial charge in [0.1, 0.15) is 12.2 Å². The van der Waals surface area contributed by atoms with Crippen LogP contribution in [0.5, 0.6) is 0 Å². The van der Waals surface area contributed by atoms with Crippen molar-refractivity contribution < 1.29 is 0 Å². The van der Waals surface area contributed by atoms with Gasteiger partial charge in [-0.2, -0.15) is 5.10 Å². The van der Waals surface area contributed by atoms with Crippen LogP contribution in [0, 0.1) is 0 Å². The highest BCUT2D eigenvalue weighted by molar-refractivity contribution is 5.04. The van der Waals surface area contributed by atoms with Crippen molar-refractivity contribution >= 4 is 0 Å². The third-order valence-corrected chi connectivity index (χ3v) is 4.45. The molecule has 0 radical (unpaired) electrons. The summed E-state index contributed by atoms with van der Waals surface area (Å²) in [5.74, 6) is 1.01. The van der Waals surface area contributed by atoms with Gasteiger partial charge in [-0.1, -0.05) is 12.8 Å². The fourth-order valence-corrected chi connectivity index (χ4v) is 3.23. The van der Waals surface area contributed by atoms with Gasteiger partial charge in [0.05, 0.1) is 0 Å². The summed E-state index contributed by atoms with van der Waals surface area (Å²) < 4.78 is 1.94. The number of nitrogens with zero attached hydrogens (tertiary/aromatic N) is 4. The summed E-state index contributed by atoms with van der Waals surface area (Å²) in [6, 6.07) is 0.129. The van der Waals surface area contributed by atoms with Crippen LogP contribution in [0.4, 0.5) is 0 Å². The molecule has 2 N–H and O–H groups in total. The first kappa shape index (κ1) is 13.5. The molecule has 1 fully saturated rings. The minimum absolute atomic E-state index is 0.129. The second-order valence-electron chi connectivity index (χ2n) is 5.51. The highest BCUT2D eigenvalue weighted by Crippen LogP contribution is 2.36. The molecule has 102 valence electrons. The van der Waals surface area contributed by atoms with Gasteiger partial charge >= 0.3 is 0 Å². The Balaban J connectivity index is 2.13. The van der Waals surface area contributed by atoms with Crippen LogP contribution < -0.4 is 5.73 Å². The molecule has 1 aromatic rings. The van der Waals surface area contributed by atoms with Crippen molar-refractivity contribution in [1.82, 2.24) is 19.7 Å². The summed E-state index contributed by atoms with van der Waals surface area (Å²) in [7, 11) is 4.30. The van der Waals surface area contributed by atoms with E-state index < -0.39 is 0 Å². The Bertz CT molecular complexity index is 378. The van der Waals surface area contributed by atoms with E-state index in [0.717, 1.165) is 18.8 Å². The predicted octanol–water partition coefficient (Wildman–Crippen LogP) is 1.04. The third-order valence-electron chi connectivity index (χ3n) is 4.45. The Morgan fingerprint density at radius 1 is 1.44 bits per heavy atom. The monoisotopic (exact) mass is 251 g/mol. The normalized spacial score (nSPS) is 20.5. The van der Waals surface area contributed by atoms with Crippen molar-refractivity contribution in [1.29, 1.82) is 0 Å². The van der Waals surface area contributed by atoms with Crippen LogP contribution in [-0.2, 0) is 13.0 Å². The zero-order valence-corrected chi connectivity index (χ0v) is 11.8. The van der Waals surface area contributed by atoms with Gasteiger partial charge in [0.2, 0.25) is 0 Å². The molecule has 5 heteroatoms. The van der Waals surface area contributed by atoms with Crippen molar-refractivity contribution in [2.45, 2.75) is 57.2 Å². The van der Waals surface area contributed by atoms with E-state index in [9.17, 15) is 0 Å². The molecular weight excluding hydrogens is 226 g/mol. The van der Waals surface area contributed by atoms with Gasteiger partial charge in [0.15, 0.2) is 0 Å². The van der Waals surface area contributed by atoms with Gasteiger partial charge in [-0.05, 0) is 33.9 Å². The van der Waals surface area contributed by atoms with Crippen molar-refractivity contribution in [3.63, 3.8) is 0 Å². The van der Waals surface area contributed by atoms with Crippen LogP contribution in [0.15, 0.2) is 6.33 Å². The number of hydrogen-bond donors (Lipinski definition) is 1. The Kier molecular flexibility index (Phi) is 4.02. The van der Waals surface area contributed by atoms with E-state index in [1.807, 2.05) is 4.68 Å². The van der Waals surface area contributed by atoms with Crippen molar-refractivity contribution in [2.75, 3.05) is 14.1 Å². The predicted molar refractivity (Wildman–Crippen MR) is 72.3 cm³/mol. The Hall–Kier alpha value is -0.940. The molecule has 0 amide bonds. The topological polar surface area (TPSA) is 60.0 Å². The Morgan fingerprint density at radius 3 is 2.67 bits per heavy atom. The largest absolute Gasteiger partial charge is 0.326 e. The van der Waals surface area contributed by atoms with E-state index in [2.05, 4.69) is 36.0 Å². The molecule has 5 nitrogen and oxygen atoms in total. The average Bonchev–Trinajstić information content (AvgIpc) is 2.97. The lowest BCUT2D eigenvalue weighted by molar-refractivity contribution is 0.121. The third kappa shape index (κ3) is 2.29. The first-order chi connectivity index (χ1) is 8.60. The molecule has 1 aromatic heterocycles. The van der Waals surface area contributed by atoms with Gasteiger partial charge in [-0.25, -0.2) is 4.98 Å². The fraction of sp³-hybridized carbons (Fsp3) is 0.846. The minimum Gasteiger partial charge on any atom is -0.326 e. The lowest BCUT2D eigenvalue weighted by atomic mass is 9.85. The summed E-state index contributed by atoms with van der Waals surface area (Å²) >= 11 is 0. The standard InChI is InChI=1S/C13H25N5/c1-4-18-12(15-10-16-18)9-11(14)13(17(2)3)7-5-6-8-13/h10-11H,4-9,14H2,1-3H3. The van der Waals surface area contributed by atoms with Gasteiger partial charge in [-0.15, -0.1) is 0 Å². The summed E-state index contributed by atoms with van der Waals surface area (Å²) in [4.78, 5) is 6.66. The number of nitrogens with two attached hydrogens (primary N) is 1. The zero-order chi connectivity index (χ0) is 13.2. The summed E-state index contributed by atoms with van der Waals surface area (Å²) in [5, 5.41) is 4.22. The smallest absolute Gasteiger partial charge is 0.138 e. The van der Waals surface area contributed by atoms with Crippen molar-refractivity contribution in [3.8, 4) is 0 Å². The number of hydrogen-bond acceptors (Lipinski definition) is 4. The fourth-order valence-electron chi connectivity index (χ4n) is 3.23. The molecule has 1 unspecified atom stereocenters. The molecule has 0 spiro atoms. The molecule has 2 rings (SSSR count). The van der Waals surface area contributed by atoms with Crippen molar-refractivity contribution in [2.24, 2.45) is 5.73 Å². The second kappa shape index (κ2) is 5.36. The maximum absolute atomic E-state index is 6.51. The molecule has 1 atom stereocenters. The number of rotatable bonds is 5. The first-order valence-electron chi connectivity index (χ1n) is 6.90. The van der Waals surface area contributed by atoms with Crippen LogP contribution in [-0.4, -0.2) is 45.3 Å². The molecule has 18 heavy (non-hydrogen) atoms. The molecule has 1 aliphatic carbocycles. The van der Waals surface area contributed by atoms with Gasteiger partial charge in [-0.3, -0.25) is 4.68 Å². The van der Waals surface area contributed by atoms with Gasteiger partial charge in [0.25, 0.3) is 0 Å². The Morgan fingerprint density at radius 2 is 2.11 bits per heavy atom. The summed E-state index contributed by atoms with van der Waals surface area (Å²) in [6.07, 6.45) is 7.40. The molecule has 1 heterocycles. The second-order valence-corrected chi connectivity index (χ2v) is 5.51. The van der Waals surface area contributed by atoms with E-state index >= 15 is 0 Å². The lowest BCUT2D eigenvalue weighted by Crippen LogP contribution is -2.56. The first-order valence-corrected chi connectivity index (χ1v) is 6.90. The molecule has 1 saturated carbocycles. The van der Waals surface area contributed by atoms with E-state index in [4.69, 9.17) is 5.73 Å². The summed E-state index contributed by atoms with van der Waals surface area (Å²) in [5.41, 5.74) is 6.65. The van der Waals surface area contributed by atoms with Gasteiger partial charge in [0, 0.05) is 24.5 Å². The quantitative estimate of drug-likeness (QED) is 0.849. The Labute approximate surface area is 109 Å². The zero-order valence-electron chi connectivity index (χ0n) is 11.8. The van der Waals surface area contributed by atoms with Crippen LogP contribution in [0.3, 0.4) is 0 Å². The van der Waals surface area contributed by atoms with Crippen LogP contribution in [0.25, 0.3) is 0 Å². The van der Waals surface area contributed by atoms with E-state index in [1.165, 1.54) is 25.7 Å². The van der Waals surface area contributed by atoms with Crippen LogP contribution in [0.1, 0.15) is 38.4 Å². The average molecular weight is 251 g/mol. The van der Waals surface area contributed by atoms with Gasteiger partial charge < -0.3 is 10.6 Å². The lowest BCUT2D eigenvalue weighted by Gasteiger charge is -2.41. The molecule has 1 aliphatic rings. The molecular formula is C13H25N5. The number of aryl methyl sites for hydroxylation is 1. The minimum atomic E-state index is 0.129. The molecule has 0 aliphatic heterocycles. The van der Waals surface area contributed by atoms with E-state index in [1.54, 1.807) is 6.33 Å².